The molecular formula is C21H26N4O5S. The number of carbonyl (C=O) groups excluding carboxylic acids is 2. The van der Waals surface area contributed by atoms with E-state index in [0.717, 1.165) is 11.8 Å². The summed E-state index contributed by atoms with van der Waals surface area (Å²) in [6.07, 6.45) is 2.77. The largest absolute Gasteiger partial charge is 0.496 e. The van der Waals surface area contributed by atoms with Crippen molar-refractivity contribution in [1.29, 1.82) is 0 Å². The molecule has 9 nitrogen and oxygen atoms in total. The van der Waals surface area contributed by atoms with Gasteiger partial charge in [0, 0.05) is 36.0 Å². The number of nitrogens with one attached hydrogen (secondary N) is 2. The van der Waals surface area contributed by atoms with E-state index >= 15 is 0 Å². The first-order valence-electron chi connectivity index (χ1n) is 9.67. The summed E-state index contributed by atoms with van der Waals surface area (Å²) in [4.78, 5) is 29.9. The molecule has 31 heavy (non-hydrogen) atoms. The highest BCUT2D eigenvalue weighted by molar-refractivity contribution is 7.92. The van der Waals surface area contributed by atoms with Crippen LogP contribution in [0.25, 0.3) is 11.3 Å². The highest BCUT2D eigenvalue weighted by Gasteiger charge is 2.29. The van der Waals surface area contributed by atoms with E-state index < -0.39 is 16.1 Å². The molecule has 0 radical (unpaired) electrons. The number of imide groups is 1. The van der Waals surface area contributed by atoms with Gasteiger partial charge in [-0.1, -0.05) is 20.8 Å². The van der Waals surface area contributed by atoms with Gasteiger partial charge in [0.25, 0.3) is 0 Å². The second kappa shape index (κ2) is 8.18. The van der Waals surface area contributed by atoms with E-state index in [2.05, 4.69) is 15.0 Å². The van der Waals surface area contributed by atoms with Crippen molar-refractivity contribution in [3.8, 4) is 17.0 Å². The summed E-state index contributed by atoms with van der Waals surface area (Å²) in [5.41, 5.74) is 2.54. The highest BCUT2D eigenvalue weighted by atomic mass is 32.2. The van der Waals surface area contributed by atoms with Crippen molar-refractivity contribution < 1.29 is 22.7 Å². The van der Waals surface area contributed by atoms with Crippen LogP contribution in [-0.2, 0) is 20.2 Å². The van der Waals surface area contributed by atoms with Crippen LogP contribution in [0.2, 0.25) is 0 Å². The molecule has 0 bridgehead atoms. The summed E-state index contributed by atoms with van der Waals surface area (Å²) >= 11 is 0. The molecule has 0 spiro atoms. The Morgan fingerprint density at radius 3 is 2.48 bits per heavy atom. The van der Waals surface area contributed by atoms with Gasteiger partial charge in [-0.2, -0.15) is 0 Å². The first-order valence-corrected chi connectivity index (χ1v) is 11.6. The van der Waals surface area contributed by atoms with Gasteiger partial charge in [-0.25, -0.2) is 13.2 Å². The summed E-state index contributed by atoms with van der Waals surface area (Å²) < 4.78 is 31.5. The molecule has 1 fully saturated rings. The van der Waals surface area contributed by atoms with Crippen LogP contribution in [0, 0.1) is 0 Å². The fourth-order valence-corrected chi connectivity index (χ4v) is 3.96. The number of hydrogen-bond donors (Lipinski definition) is 2. The minimum atomic E-state index is -3.46. The number of amides is 3. The molecule has 0 atom stereocenters. The maximum absolute atomic E-state index is 12.4. The first kappa shape index (κ1) is 22.5. The van der Waals surface area contributed by atoms with Crippen molar-refractivity contribution in [2.75, 3.05) is 29.5 Å². The molecule has 0 saturated carbocycles. The van der Waals surface area contributed by atoms with E-state index in [0.29, 0.717) is 28.4 Å². The Morgan fingerprint density at radius 2 is 1.90 bits per heavy atom. The Morgan fingerprint density at radius 1 is 1.19 bits per heavy atom. The number of benzene rings is 1. The fourth-order valence-electron chi connectivity index (χ4n) is 3.40. The predicted molar refractivity (Wildman–Crippen MR) is 119 cm³/mol. The molecule has 1 saturated heterocycles. The van der Waals surface area contributed by atoms with E-state index in [1.54, 1.807) is 25.3 Å². The van der Waals surface area contributed by atoms with Crippen LogP contribution in [0.15, 0.2) is 30.5 Å². The number of sulfonamides is 1. The normalized spacial score (nSPS) is 14.9. The number of pyridine rings is 1. The number of methoxy groups -OCH3 is 1. The molecule has 0 aliphatic carbocycles. The van der Waals surface area contributed by atoms with Crippen molar-refractivity contribution in [1.82, 2.24) is 10.3 Å². The van der Waals surface area contributed by atoms with E-state index in [9.17, 15) is 18.0 Å². The SMILES string of the molecule is COc1c(-c2cc(NS(C)(=O)=O)ccn2)cc(N2CCC(=O)NC2=O)cc1C(C)(C)C. The quantitative estimate of drug-likeness (QED) is 0.729. The van der Waals surface area contributed by atoms with Gasteiger partial charge >= 0.3 is 6.03 Å². The van der Waals surface area contributed by atoms with Crippen LogP contribution in [0.5, 0.6) is 5.75 Å². The number of urea groups is 1. The van der Waals surface area contributed by atoms with Crippen molar-refractivity contribution in [3.63, 3.8) is 0 Å². The summed E-state index contributed by atoms with van der Waals surface area (Å²) in [6.45, 7) is 6.32. The third-order valence-corrected chi connectivity index (χ3v) is 5.40. The summed E-state index contributed by atoms with van der Waals surface area (Å²) in [5, 5.41) is 2.33. The number of nitrogens with zero attached hydrogens (tertiary/aromatic N) is 2. The van der Waals surface area contributed by atoms with Crippen LogP contribution in [0.4, 0.5) is 16.2 Å². The van der Waals surface area contributed by atoms with Crippen LogP contribution in [-0.4, -0.2) is 45.3 Å². The predicted octanol–water partition coefficient (Wildman–Crippen LogP) is 2.87. The molecule has 1 aromatic heterocycles. The zero-order valence-corrected chi connectivity index (χ0v) is 19.0. The standard InChI is InChI=1S/C21H26N4O5S/c1-21(2,3)16-12-14(25-9-7-18(26)23-20(25)27)11-15(19(16)30-4)17-10-13(6-8-22-17)24-31(5,28)29/h6,8,10-12H,7,9H2,1-5H3,(H,22,24)(H,23,26,27). The lowest BCUT2D eigenvalue weighted by Gasteiger charge is -2.30. The van der Waals surface area contributed by atoms with Crippen LogP contribution < -0.4 is 19.7 Å². The molecule has 2 N–H and O–H groups in total. The summed E-state index contributed by atoms with van der Waals surface area (Å²) in [7, 11) is -1.91. The van der Waals surface area contributed by atoms with Crippen LogP contribution >= 0.6 is 0 Å². The lowest BCUT2D eigenvalue weighted by Crippen LogP contribution is -2.49. The van der Waals surface area contributed by atoms with Gasteiger partial charge < -0.3 is 4.74 Å². The van der Waals surface area contributed by atoms with E-state index in [-0.39, 0.29) is 24.3 Å². The topological polar surface area (TPSA) is 118 Å². The van der Waals surface area contributed by atoms with Gasteiger partial charge in [-0.15, -0.1) is 0 Å². The average Bonchev–Trinajstić information content (AvgIpc) is 2.65. The molecule has 1 aromatic carbocycles. The summed E-state index contributed by atoms with van der Waals surface area (Å²) in [5.74, 6) is 0.265. The maximum Gasteiger partial charge on any atom is 0.328 e. The Labute approximate surface area is 181 Å². The van der Waals surface area contributed by atoms with E-state index in [1.165, 1.54) is 11.1 Å². The minimum absolute atomic E-state index is 0.198. The van der Waals surface area contributed by atoms with Gasteiger partial charge in [0.15, 0.2) is 0 Å². The van der Waals surface area contributed by atoms with Gasteiger partial charge in [-0.3, -0.25) is 24.7 Å². The smallest absolute Gasteiger partial charge is 0.328 e. The van der Waals surface area contributed by atoms with Crippen molar-refractivity contribution >= 4 is 33.3 Å². The van der Waals surface area contributed by atoms with Gasteiger partial charge in [0.1, 0.15) is 5.75 Å². The summed E-state index contributed by atoms with van der Waals surface area (Å²) in [6, 6.07) is 6.30. The number of hydrogen-bond acceptors (Lipinski definition) is 6. The molecule has 2 heterocycles. The molecule has 10 heteroatoms. The number of rotatable bonds is 5. The van der Waals surface area contributed by atoms with Crippen LogP contribution in [0.3, 0.4) is 0 Å². The van der Waals surface area contributed by atoms with Crippen LogP contribution in [0.1, 0.15) is 32.8 Å². The lowest BCUT2D eigenvalue weighted by molar-refractivity contribution is -0.120. The van der Waals surface area contributed by atoms with Crippen molar-refractivity contribution in [2.24, 2.45) is 0 Å². The van der Waals surface area contributed by atoms with E-state index in [4.69, 9.17) is 4.74 Å². The maximum atomic E-state index is 12.4. The Bertz CT molecular complexity index is 1140. The number of carbonyl (C=O) groups is 2. The first-order chi connectivity index (χ1) is 14.4. The van der Waals surface area contributed by atoms with Gasteiger partial charge in [0.05, 0.1) is 24.7 Å². The molecule has 0 unspecified atom stereocenters. The van der Waals surface area contributed by atoms with Crippen molar-refractivity contribution in [3.05, 3.63) is 36.0 Å². The third kappa shape index (κ3) is 5.13. The molecule has 3 amide bonds. The molecule has 166 valence electrons. The van der Waals surface area contributed by atoms with Gasteiger partial charge in [-0.05, 0) is 29.7 Å². The average molecular weight is 447 g/mol. The molecule has 3 rings (SSSR count). The lowest BCUT2D eigenvalue weighted by atomic mass is 9.84. The Hall–Kier alpha value is -3.14. The number of anilines is 2. The van der Waals surface area contributed by atoms with Crippen molar-refractivity contribution in [2.45, 2.75) is 32.6 Å². The molecule has 1 aliphatic heterocycles. The highest BCUT2D eigenvalue weighted by Crippen LogP contribution is 2.42. The molecule has 2 aromatic rings. The third-order valence-electron chi connectivity index (χ3n) is 4.79. The van der Waals surface area contributed by atoms with Gasteiger partial charge in [0.2, 0.25) is 15.9 Å². The Kier molecular flexibility index (Phi) is 5.95. The monoisotopic (exact) mass is 446 g/mol. The second-order valence-electron chi connectivity index (χ2n) is 8.38. The molecular weight excluding hydrogens is 420 g/mol. The zero-order valence-electron chi connectivity index (χ0n) is 18.1. The second-order valence-corrected chi connectivity index (χ2v) is 10.1. The number of aromatic nitrogens is 1. The number of ether oxygens (including phenoxy) is 1. The minimum Gasteiger partial charge on any atom is -0.496 e. The zero-order chi connectivity index (χ0) is 23.0. The van der Waals surface area contributed by atoms with E-state index in [1.807, 2.05) is 26.8 Å². The molecule has 1 aliphatic rings. The Balaban J connectivity index is 2.20. The fraction of sp³-hybridized carbons (Fsp3) is 0.381.